The van der Waals surface area contributed by atoms with Crippen LogP contribution in [0.2, 0.25) is 0 Å². The molecule has 0 fully saturated rings. The fourth-order valence-electron chi connectivity index (χ4n) is 1.70. The number of methoxy groups -OCH3 is 1. The number of carbonyl (C=O) groups is 1. The number of benzene rings is 1. The molecule has 0 aliphatic heterocycles. The van der Waals surface area contributed by atoms with Crippen LogP contribution in [0.15, 0.2) is 36.5 Å². The average Bonchev–Trinajstić information content (AvgIpc) is 2.37. The summed E-state index contributed by atoms with van der Waals surface area (Å²) in [7, 11) is 1.39. The molecule has 0 amide bonds. The molecule has 1 heterocycles. The molecule has 1 aromatic carbocycles. The van der Waals surface area contributed by atoms with Crippen LogP contribution in [0.1, 0.15) is 10.4 Å². The minimum atomic E-state index is -1.12. The number of rotatable bonds is 3. The summed E-state index contributed by atoms with van der Waals surface area (Å²) in [5.74, 6) is -1.41. The Bertz CT molecular complexity index is 599. The van der Waals surface area contributed by atoms with Crippen LogP contribution < -0.4 is 4.74 Å². The van der Waals surface area contributed by atoms with Crippen molar-refractivity contribution in [3.8, 4) is 17.0 Å². The molecule has 4 nitrogen and oxygen atoms in total. The maximum Gasteiger partial charge on any atom is 0.336 e. The third-order valence-corrected chi connectivity index (χ3v) is 2.45. The topological polar surface area (TPSA) is 59.4 Å². The fraction of sp³-hybridized carbons (Fsp3) is 0.0769. The number of hydrogen-bond acceptors (Lipinski definition) is 3. The zero-order chi connectivity index (χ0) is 13.1. The van der Waals surface area contributed by atoms with Gasteiger partial charge in [0.15, 0.2) is 0 Å². The first-order chi connectivity index (χ1) is 8.63. The standard InChI is InChI=1S/C13H10FNO3/c1-18-12-11(8-3-2-4-9(14)7-8)10(13(16)17)5-6-15-12/h2-7H,1H3,(H,16,17). The number of carboxylic acids is 1. The normalized spacial score (nSPS) is 10.1. The molecule has 1 aromatic heterocycles. The summed E-state index contributed by atoms with van der Waals surface area (Å²) in [5, 5.41) is 9.14. The van der Waals surface area contributed by atoms with Crippen LogP contribution in [0.5, 0.6) is 5.88 Å². The lowest BCUT2D eigenvalue weighted by Gasteiger charge is -2.10. The van der Waals surface area contributed by atoms with Crippen LogP contribution in [0.3, 0.4) is 0 Å². The van der Waals surface area contributed by atoms with Gasteiger partial charge in [-0.3, -0.25) is 0 Å². The van der Waals surface area contributed by atoms with Gasteiger partial charge in [-0.25, -0.2) is 14.2 Å². The molecule has 0 saturated carbocycles. The third kappa shape index (κ3) is 2.15. The predicted molar refractivity (Wildman–Crippen MR) is 63.1 cm³/mol. The molecule has 0 aliphatic carbocycles. The molecule has 2 rings (SSSR count). The minimum absolute atomic E-state index is 0.0208. The number of nitrogens with zero attached hydrogens (tertiary/aromatic N) is 1. The second kappa shape index (κ2) is 4.83. The van der Waals surface area contributed by atoms with Gasteiger partial charge in [-0.05, 0) is 23.8 Å². The van der Waals surface area contributed by atoms with Gasteiger partial charge in [0.25, 0.3) is 0 Å². The summed E-state index contributed by atoms with van der Waals surface area (Å²) in [6.07, 6.45) is 1.34. The molecule has 92 valence electrons. The van der Waals surface area contributed by atoms with E-state index in [0.717, 1.165) is 0 Å². The van der Waals surface area contributed by atoms with Crippen LogP contribution >= 0.6 is 0 Å². The van der Waals surface area contributed by atoms with Gasteiger partial charge in [0, 0.05) is 6.20 Å². The Balaban J connectivity index is 2.71. The van der Waals surface area contributed by atoms with E-state index in [2.05, 4.69) is 4.98 Å². The summed E-state index contributed by atoms with van der Waals surface area (Å²) in [6, 6.07) is 6.99. The van der Waals surface area contributed by atoms with Crippen molar-refractivity contribution in [2.75, 3.05) is 7.11 Å². The van der Waals surface area contributed by atoms with Gasteiger partial charge < -0.3 is 9.84 Å². The van der Waals surface area contributed by atoms with Crippen molar-refractivity contribution >= 4 is 5.97 Å². The molecule has 0 aliphatic rings. The lowest BCUT2D eigenvalue weighted by atomic mass is 10.0. The van der Waals surface area contributed by atoms with Crippen LogP contribution in [0.25, 0.3) is 11.1 Å². The molecular weight excluding hydrogens is 237 g/mol. The lowest BCUT2D eigenvalue weighted by molar-refractivity contribution is 0.0697. The smallest absolute Gasteiger partial charge is 0.336 e. The molecule has 2 aromatic rings. The van der Waals surface area contributed by atoms with Gasteiger partial charge in [-0.1, -0.05) is 12.1 Å². The van der Waals surface area contributed by atoms with Crippen LogP contribution in [0, 0.1) is 5.82 Å². The number of aromatic carboxylic acids is 1. The molecule has 0 atom stereocenters. The molecule has 0 saturated heterocycles. The van der Waals surface area contributed by atoms with Crippen LogP contribution in [-0.4, -0.2) is 23.2 Å². The van der Waals surface area contributed by atoms with Gasteiger partial charge in [0.05, 0.1) is 18.2 Å². The first-order valence-electron chi connectivity index (χ1n) is 5.15. The Morgan fingerprint density at radius 1 is 1.39 bits per heavy atom. The molecule has 0 spiro atoms. The fourth-order valence-corrected chi connectivity index (χ4v) is 1.70. The second-order valence-corrected chi connectivity index (χ2v) is 3.56. The molecule has 18 heavy (non-hydrogen) atoms. The number of aromatic nitrogens is 1. The molecule has 5 heteroatoms. The van der Waals surface area contributed by atoms with Crippen molar-refractivity contribution in [1.29, 1.82) is 0 Å². The molecule has 0 unspecified atom stereocenters. The quantitative estimate of drug-likeness (QED) is 0.905. The Kier molecular flexibility index (Phi) is 3.23. The van der Waals surface area contributed by atoms with Crippen molar-refractivity contribution in [1.82, 2.24) is 4.98 Å². The molecular formula is C13H10FNO3. The molecule has 1 N–H and O–H groups in total. The summed E-state index contributed by atoms with van der Waals surface area (Å²) >= 11 is 0. The first kappa shape index (κ1) is 12.0. The van der Waals surface area contributed by atoms with Crippen molar-refractivity contribution in [3.05, 3.63) is 47.9 Å². The highest BCUT2D eigenvalue weighted by molar-refractivity contribution is 5.97. The number of hydrogen-bond donors (Lipinski definition) is 1. The van der Waals surface area contributed by atoms with Gasteiger partial charge >= 0.3 is 5.97 Å². The SMILES string of the molecule is COc1nccc(C(=O)O)c1-c1cccc(F)c1. The van der Waals surface area contributed by atoms with E-state index in [0.29, 0.717) is 5.56 Å². The maximum absolute atomic E-state index is 13.2. The van der Waals surface area contributed by atoms with Crippen molar-refractivity contribution < 1.29 is 19.0 Å². The number of carboxylic acid groups (broad SMARTS) is 1. The van der Waals surface area contributed by atoms with Gasteiger partial charge in [0.2, 0.25) is 5.88 Å². The van der Waals surface area contributed by atoms with Crippen molar-refractivity contribution in [2.45, 2.75) is 0 Å². The average molecular weight is 247 g/mol. The van der Waals surface area contributed by atoms with E-state index < -0.39 is 11.8 Å². The van der Waals surface area contributed by atoms with Gasteiger partial charge in [0.1, 0.15) is 5.82 Å². The van der Waals surface area contributed by atoms with E-state index in [1.165, 1.54) is 37.6 Å². The summed E-state index contributed by atoms with van der Waals surface area (Å²) in [5.41, 5.74) is 0.705. The molecule has 0 radical (unpaired) electrons. The van der Waals surface area contributed by atoms with E-state index in [1.807, 2.05) is 0 Å². The van der Waals surface area contributed by atoms with Gasteiger partial charge in [-0.2, -0.15) is 0 Å². The van der Waals surface area contributed by atoms with Crippen LogP contribution in [0.4, 0.5) is 4.39 Å². The Hall–Kier alpha value is -2.43. The zero-order valence-corrected chi connectivity index (χ0v) is 9.55. The Labute approximate surface area is 103 Å². The summed E-state index contributed by atoms with van der Waals surface area (Å²) < 4.78 is 18.2. The van der Waals surface area contributed by atoms with E-state index in [1.54, 1.807) is 6.07 Å². The summed E-state index contributed by atoms with van der Waals surface area (Å²) in [4.78, 5) is 15.1. The van der Waals surface area contributed by atoms with Crippen molar-refractivity contribution in [2.24, 2.45) is 0 Å². The Morgan fingerprint density at radius 2 is 2.17 bits per heavy atom. The van der Waals surface area contributed by atoms with E-state index in [4.69, 9.17) is 9.84 Å². The molecule has 0 bridgehead atoms. The number of pyridine rings is 1. The second-order valence-electron chi connectivity index (χ2n) is 3.56. The minimum Gasteiger partial charge on any atom is -0.481 e. The monoisotopic (exact) mass is 247 g/mol. The third-order valence-electron chi connectivity index (χ3n) is 2.45. The lowest BCUT2D eigenvalue weighted by Crippen LogP contribution is -2.03. The zero-order valence-electron chi connectivity index (χ0n) is 9.55. The van der Waals surface area contributed by atoms with E-state index in [-0.39, 0.29) is 17.0 Å². The largest absolute Gasteiger partial charge is 0.481 e. The summed E-state index contributed by atoms with van der Waals surface area (Å²) in [6.45, 7) is 0. The predicted octanol–water partition coefficient (Wildman–Crippen LogP) is 2.59. The van der Waals surface area contributed by atoms with Crippen LogP contribution in [-0.2, 0) is 0 Å². The van der Waals surface area contributed by atoms with E-state index >= 15 is 0 Å². The highest BCUT2D eigenvalue weighted by Gasteiger charge is 2.17. The highest BCUT2D eigenvalue weighted by Crippen LogP contribution is 2.31. The number of ether oxygens (including phenoxy) is 1. The highest BCUT2D eigenvalue weighted by atomic mass is 19.1. The maximum atomic E-state index is 13.2. The van der Waals surface area contributed by atoms with Crippen molar-refractivity contribution in [3.63, 3.8) is 0 Å². The first-order valence-corrected chi connectivity index (χ1v) is 5.15. The Morgan fingerprint density at radius 3 is 2.78 bits per heavy atom. The van der Waals surface area contributed by atoms with E-state index in [9.17, 15) is 9.18 Å². The van der Waals surface area contributed by atoms with Gasteiger partial charge in [-0.15, -0.1) is 0 Å². The number of halogens is 1.